The minimum atomic E-state index is -2.95. The second-order valence-electron chi connectivity index (χ2n) is 6.84. The van der Waals surface area contributed by atoms with Crippen molar-refractivity contribution in [3.05, 3.63) is 0 Å². The number of hydrogen-bond donors (Lipinski definition) is 3. The monoisotopic (exact) mass is 365 g/mol. The summed E-state index contributed by atoms with van der Waals surface area (Å²) in [4.78, 5) is 8.57. The van der Waals surface area contributed by atoms with Crippen molar-refractivity contribution in [3.8, 4) is 0 Å². The van der Waals surface area contributed by atoms with E-state index in [1.165, 1.54) is 70.6 Å². The number of unbranched alkanes of at least 4 members (excludes halogenated alkanes) is 12. The van der Waals surface area contributed by atoms with Gasteiger partial charge >= 0.3 is 8.25 Å². The summed E-state index contributed by atoms with van der Waals surface area (Å²) in [5.74, 6) is 0. The summed E-state index contributed by atoms with van der Waals surface area (Å²) in [6.07, 6.45) is 16.8. The van der Waals surface area contributed by atoms with Crippen LogP contribution in [-0.2, 0) is 9.09 Å². The first-order valence-corrected chi connectivity index (χ1v) is 11.1. The second-order valence-corrected chi connectivity index (χ2v) is 7.66. The predicted molar refractivity (Wildman–Crippen MR) is 101 cm³/mol. The lowest BCUT2D eigenvalue weighted by atomic mass is 10.0. The van der Waals surface area contributed by atoms with E-state index in [0.717, 1.165) is 12.8 Å². The molecule has 0 rings (SSSR count). The van der Waals surface area contributed by atoms with Crippen molar-refractivity contribution >= 4 is 8.25 Å². The van der Waals surface area contributed by atoms with E-state index in [9.17, 15) is 9.67 Å². The molecule has 0 amide bonds. The van der Waals surface area contributed by atoms with Gasteiger partial charge in [-0.15, -0.1) is 0 Å². The predicted octanol–water partition coefficient (Wildman–Crippen LogP) is 4.55. The van der Waals surface area contributed by atoms with Crippen LogP contribution in [0.3, 0.4) is 0 Å². The molecule has 0 aromatic heterocycles. The van der Waals surface area contributed by atoms with Crippen LogP contribution in [-0.4, -0.2) is 28.8 Å². The van der Waals surface area contributed by atoms with Crippen LogP contribution in [0, 0.1) is 0 Å². The van der Waals surface area contributed by atoms with E-state index in [4.69, 9.17) is 10.6 Å². The number of nitrogens with two attached hydrogens (primary N) is 1. The highest BCUT2D eigenvalue weighted by atomic mass is 31.1. The number of hydrogen-bond acceptors (Lipinski definition) is 4. The van der Waals surface area contributed by atoms with Gasteiger partial charge in [0.25, 0.3) is 0 Å². The molecule has 4 N–H and O–H groups in total. The van der Waals surface area contributed by atoms with E-state index in [1.807, 2.05) is 0 Å². The normalized spacial score (nSPS) is 15.3. The van der Waals surface area contributed by atoms with Crippen molar-refractivity contribution in [2.24, 2.45) is 5.73 Å². The van der Waals surface area contributed by atoms with Crippen LogP contribution < -0.4 is 5.73 Å². The summed E-state index contributed by atoms with van der Waals surface area (Å²) in [5, 5.41) is 9.83. The smallest absolute Gasteiger partial charge is 0.316 e. The Morgan fingerprint density at radius 3 is 1.71 bits per heavy atom. The molecule has 0 aromatic carbocycles. The van der Waals surface area contributed by atoms with Crippen molar-refractivity contribution in [1.29, 1.82) is 0 Å². The zero-order valence-corrected chi connectivity index (χ0v) is 16.5. The van der Waals surface area contributed by atoms with Gasteiger partial charge in [0.15, 0.2) is 0 Å². The molecule has 0 aliphatic rings. The highest BCUT2D eigenvalue weighted by molar-refractivity contribution is 7.32. The van der Waals surface area contributed by atoms with Crippen molar-refractivity contribution in [3.63, 3.8) is 0 Å². The van der Waals surface area contributed by atoms with Crippen LogP contribution in [0.2, 0.25) is 0 Å². The molecule has 1 unspecified atom stereocenters. The molecule has 6 heteroatoms. The lowest BCUT2D eigenvalue weighted by Gasteiger charge is -2.17. The maximum absolute atomic E-state index is 10.4. The van der Waals surface area contributed by atoms with Crippen LogP contribution in [0.15, 0.2) is 0 Å². The van der Waals surface area contributed by atoms with Crippen LogP contribution in [0.4, 0.5) is 0 Å². The fraction of sp³-hybridized carbons (Fsp3) is 1.00. The van der Waals surface area contributed by atoms with Gasteiger partial charge in [-0.1, -0.05) is 90.4 Å². The quantitative estimate of drug-likeness (QED) is 0.245. The molecule has 146 valence electrons. The molecular weight excluding hydrogens is 325 g/mol. The molecule has 5 nitrogen and oxygen atoms in total. The van der Waals surface area contributed by atoms with Gasteiger partial charge in [-0.05, 0) is 6.42 Å². The maximum Gasteiger partial charge on any atom is 0.316 e. The molecule has 3 atom stereocenters. The largest absolute Gasteiger partial charge is 0.391 e. The van der Waals surface area contributed by atoms with Crippen LogP contribution >= 0.6 is 8.25 Å². The van der Waals surface area contributed by atoms with Gasteiger partial charge < -0.3 is 20.3 Å². The van der Waals surface area contributed by atoms with E-state index in [-0.39, 0.29) is 6.61 Å². The summed E-state index contributed by atoms with van der Waals surface area (Å²) in [7, 11) is -2.95. The number of rotatable bonds is 18. The third-order valence-corrected chi connectivity index (χ3v) is 4.91. The fourth-order valence-electron chi connectivity index (χ4n) is 2.86. The zero-order valence-electron chi connectivity index (χ0n) is 15.5. The van der Waals surface area contributed by atoms with Crippen molar-refractivity contribution in [2.45, 2.75) is 109 Å². The Morgan fingerprint density at radius 2 is 1.29 bits per heavy atom. The van der Waals surface area contributed by atoms with E-state index in [1.54, 1.807) is 0 Å². The van der Waals surface area contributed by atoms with Gasteiger partial charge in [0.1, 0.15) is 0 Å². The third kappa shape index (κ3) is 16.9. The highest BCUT2D eigenvalue weighted by Gasteiger charge is 2.15. The Kier molecular flexibility index (Phi) is 17.9. The highest BCUT2D eigenvalue weighted by Crippen LogP contribution is 2.16. The molecule has 0 radical (unpaired) electrons. The minimum absolute atomic E-state index is 0.0616. The topological polar surface area (TPSA) is 92.8 Å². The summed E-state index contributed by atoms with van der Waals surface area (Å²) in [6, 6.07) is -0.580. The van der Waals surface area contributed by atoms with Crippen LogP contribution in [0.25, 0.3) is 0 Å². The molecule has 0 aliphatic carbocycles. The lowest BCUT2D eigenvalue weighted by molar-refractivity contribution is 0.104. The zero-order chi connectivity index (χ0) is 18.0. The Bertz CT molecular complexity index is 292. The molecule has 0 fully saturated rings. The molecule has 0 saturated heterocycles. The third-order valence-electron chi connectivity index (χ3n) is 4.50. The van der Waals surface area contributed by atoms with Crippen LogP contribution in [0.5, 0.6) is 0 Å². The summed E-state index contributed by atoms with van der Waals surface area (Å²) in [6.45, 7) is 2.19. The molecular formula is C18H40NO4P. The number of aliphatic hydroxyl groups is 1. The number of aliphatic hydroxyl groups excluding tert-OH is 1. The summed E-state index contributed by atoms with van der Waals surface area (Å²) in [5.41, 5.74) is 5.70. The molecule has 0 heterocycles. The van der Waals surface area contributed by atoms with Gasteiger partial charge in [0.2, 0.25) is 0 Å². The Morgan fingerprint density at radius 1 is 0.875 bits per heavy atom. The minimum Gasteiger partial charge on any atom is -0.391 e. The van der Waals surface area contributed by atoms with Crippen molar-refractivity contribution in [2.75, 3.05) is 6.61 Å². The van der Waals surface area contributed by atoms with E-state index < -0.39 is 20.4 Å². The van der Waals surface area contributed by atoms with E-state index in [0.29, 0.717) is 6.42 Å². The van der Waals surface area contributed by atoms with E-state index >= 15 is 0 Å². The van der Waals surface area contributed by atoms with Gasteiger partial charge in [0.05, 0.1) is 18.8 Å². The molecule has 0 saturated carbocycles. The second kappa shape index (κ2) is 17.9. The Labute approximate surface area is 149 Å². The SMILES string of the molecule is CCCCCCCCCCCCCCC[C@@H](O)[C@@H](N)CO[PH](=O)O. The lowest BCUT2D eigenvalue weighted by Crippen LogP contribution is -2.38. The van der Waals surface area contributed by atoms with Gasteiger partial charge in [-0.3, -0.25) is 4.57 Å². The molecule has 24 heavy (non-hydrogen) atoms. The standard InChI is InChI=1S/C18H40NO4P/c1-2-3-4-5-6-7-8-9-10-11-12-13-14-15-18(20)17(19)16-23-24(21)22/h17-18,20,24H,2-16,19H2,1H3,(H,21,22)/t17-,18+/m0/s1. The molecule has 0 aliphatic heterocycles. The van der Waals surface area contributed by atoms with Gasteiger partial charge in [-0.2, -0.15) is 0 Å². The molecule has 0 aromatic rings. The van der Waals surface area contributed by atoms with Gasteiger partial charge in [0, 0.05) is 0 Å². The average molecular weight is 365 g/mol. The average Bonchev–Trinajstić information content (AvgIpc) is 2.56. The first-order valence-electron chi connectivity index (χ1n) is 9.87. The van der Waals surface area contributed by atoms with E-state index in [2.05, 4.69) is 11.4 Å². The Balaban J connectivity index is 3.25. The van der Waals surface area contributed by atoms with Gasteiger partial charge in [-0.25, -0.2) is 0 Å². The first kappa shape index (κ1) is 24.1. The van der Waals surface area contributed by atoms with Crippen molar-refractivity contribution in [1.82, 2.24) is 0 Å². The summed E-state index contributed by atoms with van der Waals surface area (Å²) < 4.78 is 15.0. The summed E-state index contributed by atoms with van der Waals surface area (Å²) >= 11 is 0. The van der Waals surface area contributed by atoms with Crippen LogP contribution in [0.1, 0.15) is 96.8 Å². The molecule has 0 spiro atoms. The Hall–Kier alpha value is 0.0700. The maximum atomic E-state index is 10.4. The van der Waals surface area contributed by atoms with Crippen molar-refractivity contribution < 1.29 is 19.1 Å². The first-order chi connectivity index (χ1) is 11.6. The molecule has 0 bridgehead atoms. The fourth-order valence-corrected chi connectivity index (χ4v) is 3.20.